The minimum Gasteiger partial charge on any atom is -0.331 e. The van der Waals surface area contributed by atoms with E-state index in [4.69, 9.17) is 12.2 Å². The van der Waals surface area contributed by atoms with Gasteiger partial charge in [-0.1, -0.05) is 63.6 Å². The fourth-order valence-electron chi connectivity index (χ4n) is 2.04. The number of thiocarbonyl (C=S) groups is 1. The molecule has 0 amide bonds. The number of nitrogens with one attached hydrogen (secondary N) is 2. The number of nitrogens with zero attached hydrogens (tertiary/aromatic N) is 1. The molecule has 3 nitrogen and oxygen atoms in total. The van der Waals surface area contributed by atoms with Crippen molar-refractivity contribution in [1.29, 1.82) is 0 Å². The molecule has 0 saturated carbocycles. The Balaban J connectivity index is 1.98. The maximum absolute atomic E-state index is 5.16. The first-order chi connectivity index (χ1) is 10.3. The van der Waals surface area contributed by atoms with Crippen molar-refractivity contribution in [3.05, 3.63) is 30.3 Å². The van der Waals surface area contributed by atoms with Gasteiger partial charge >= 0.3 is 0 Å². The molecule has 0 atom stereocenters. The van der Waals surface area contributed by atoms with Crippen LogP contribution in [0.3, 0.4) is 0 Å². The van der Waals surface area contributed by atoms with Crippen LogP contribution in [0.4, 0.5) is 5.69 Å². The third-order valence-electron chi connectivity index (χ3n) is 3.23. The first-order valence-electron chi connectivity index (χ1n) is 7.96. The standard InChI is InChI=1S/C17H27N3S/c1-2-3-4-5-6-7-8-12-15-18-20-17(21)19-16-13-10-9-11-14-16/h9-11,13-15H,2-8,12H2,1H3,(H2,19,20,21)/b18-15+. The van der Waals surface area contributed by atoms with Crippen LogP contribution in [0, 0.1) is 0 Å². The van der Waals surface area contributed by atoms with Gasteiger partial charge in [0.15, 0.2) is 5.11 Å². The molecule has 0 aliphatic rings. The van der Waals surface area contributed by atoms with Gasteiger partial charge in [-0.25, -0.2) is 0 Å². The topological polar surface area (TPSA) is 36.4 Å². The number of rotatable bonds is 10. The molecule has 0 fully saturated rings. The van der Waals surface area contributed by atoms with Crippen molar-refractivity contribution in [2.24, 2.45) is 5.10 Å². The van der Waals surface area contributed by atoms with E-state index in [0.717, 1.165) is 12.1 Å². The van der Waals surface area contributed by atoms with E-state index in [0.29, 0.717) is 5.11 Å². The Morgan fingerprint density at radius 3 is 2.43 bits per heavy atom. The third kappa shape index (κ3) is 10.0. The summed E-state index contributed by atoms with van der Waals surface area (Å²) < 4.78 is 0. The van der Waals surface area contributed by atoms with E-state index in [9.17, 15) is 0 Å². The smallest absolute Gasteiger partial charge is 0.191 e. The molecule has 0 aliphatic carbocycles. The van der Waals surface area contributed by atoms with Crippen LogP contribution in [0.2, 0.25) is 0 Å². The van der Waals surface area contributed by atoms with E-state index in [1.165, 1.54) is 44.9 Å². The van der Waals surface area contributed by atoms with E-state index in [2.05, 4.69) is 22.8 Å². The van der Waals surface area contributed by atoms with Crippen molar-refractivity contribution >= 4 is 29.2 Å². The van der Waals surface area contributed by atoms with Crippen molar-refractivity contribution in [1.82, 2.24) is 5.43 Å². The van der Waals surface area contributed by atoms with Gasteiger partial charge < -0.3 is 5.32 Å². The summed E-state index contributed by atoms with van der Waals surface area (Å²) in [6, 6.07) is 9.85. The molecule has 0 unspecified atom stereocenters. The Morgan fingerprint density at radius 1 is 1.05 bits per heavy atom. The lowest BCUT2D eigenvalue weighted by Crippen LogP contribution is -2.23. The highest BCUT2D eigenvalue weighted by Crippen LogP contribution is 2.07. The van der Waals surface area contributed by atoms with Gasteiger partial charge in [0.2, 0.25) is 0 Å². The molecule has 0 radical (unpaired) electrons. The number of hydrazone groups is 1. The van der Waals surface area contributed by atoms with Crippen LogP contribution in [-0.2, 0) is 0 Å². The zero-order valence-electron chi connectivity index (χ0n) is 13.0. The number of hydrogen-bond donors (Lipinski definition) is 2. The Kier molecular flexibility index (Phi) is 10.4. The quantitative estimate of drug-likeness (QED) is 0.273. The van der Waals surface area contributed by atoms with Gasteiger partial charge in [0.05, 0.1) is 0 Å². The minimum absolute atomic E-state index is 0.525. The maximum Gasteiger partial charge on any atom is 0.191 e. The molecule has 0 spiro atoms. The highest BCUT2D eigenvalue weighted by Gasteiger charge is 1.94. The van der Waals surface area contributed by atoms with Gasteiger partial charge in [0, 0.05) is 11.9 Å². The van der Waals surface area contributed by atoms with E-state index in [-0.39, 0.29) is 0 Å². The fraction of sp³-hybridized carbons (Fsp3) is 0.529. The molecule has 21 heavy (non-hydrogen) atoms. The van der Waals surface area contributed by atoms with Crippen LogP contribution < -0.4 is 10.7 Å². The summed E-state index contributed by atoms with van der Waals surface area (Å²) in [4.78, 5) is 0. The van der Waals surface area contributed by atoms with Crippen molar-refractivity contribution in [3.63, 3.8) is 0 Å². The number of benzene rings is 1. The minimum atomic E-state index is 0.525. The second kappa shape index (κ2) is 12.3. The highest BCUT2D eigenvalue weighted by molar-refractivity contribution is 7.80. The van der Waals surface area contributed by atoms with Crippen LogP contribution in [0.5, 0.6) is 0 Å². The number of para-hydroxylation sites is 1. The van der Waals surface area contributed by atoms with Gasteiger partial charge in [0.1, 0.15) is 0 Å². The summed E-state index contributed by atoms with van der Waals surface area (Å²) in [5.74, 6) is 0. The first kappa shape index (κ1) is 17.6. The molecular formula is C17H27N3S. The molecule has 116 valence electrons. The second-order valence-corrected chi connectivity index (χ2v) is 5.56. The zero-order chi connectivity index (χ0) is 15.2. The zero-order valence-corrected chi connectivity index (χ0v) is 13.8. The van der Waals surface area contributed by atoms with E-state index in [1.54, 1.807) is 0 Å². The number of anilines is 1. The van der Waals surface area contributed by atoms with Gasteiger partial charge in [0.25, 0.3) is 0 Å². The Morgan fingerprint density at radius 2 is 1.71 bits per heavy atom. The highest BCUT2D eigenvalue weighted by atomic mass is 32.1. The van der Waals surface area contributed by atoms with Crippen molar-refractivity contribution in [2.45, 2.75) is 58.3 Å². The molecule has 2 N–H and O–H groups in total. The van der Waals surface area contributed by atoms with Crippen molar-refractivity contribution in [2.75, 3.05) is 5.32 Å². The summed E-state index contributed by atoms with van der Waals surface area (Å²) in [5.41, 5.74) is 3.81. The predicted octanol–water partition coefficient (Wildman–Crippen LogP) is 5.10. The summed E-state index contributed by atoms with van der Waals surface area (Å²) in [6.07, 6.45) is 12.2. The largest absolute Gasteiger partial charge is 0.331 e. The Bertz CT molecular complexity index is 404. The van der Waals surface area contributed by atoms with E-state index < -0.39 is 0 Å². The predicted molar refractivity (Wildman–Crippen MR) is 96.9 cm³/mol. The molecule has 1 aromatic rings. The lowest BCUT2D eigenvalue weighted by atomic mass is 10.1. The van der Waals surface area contributed by atoms with Crippen LogP contribution in [0.25, 0.3) is 0 Å². The molecule has 0 aromatic heterocycles. The van der Waals surface area contributed by atoms with E-state index >= 15 is 0 Å². The summed E-state index contributed by atoms with van der Waals surface area (Å²) in [6.45, 7) is 2.25. The van der Waals surface area contributed by atoms with Crippen LogP contribution in [0.15, 0.2) is 35.4 Å². The fourth-order valence-corrected chi connectivity index (χ4v) is 2.21. The van der Waals surface area contributed by atoms with Crippen LogP contribution in [-0.4, -0.2) is 11.3 Å². The Labute approximate surface area is 134 Å². The molecule has 0 heterocycles. The van der Waals surface area contributed by atoms with Gasteiger partial charge in [-0.3, -0.25) is 5.43 Å². The van der Waals surface area contributed by atoms with Gasteiger partial charge in [-0.05, 0) is 37.2 Å². The first-order valence-corrected chi connectivity index (χ1v) is 8.37. The van der Waals surface area contributed by atoms with Crippen LogP contribution >= 0.6 is 12.2 Å². The Hall–Kier alpha value is -1.42. The molecule has 1 aromatic carbocycles. The molecule has 0 bridgehead atoms. The molecular weight excluding hydrogens is 278 g/mol. The maximum atomic E-state index is 5.16. The lowest BCUT2D eigenvalue weighted by Gasteiger charge is -2.06. The number of hydrogen-bond acceptors (Lipinski definition) is 2. The molecule has 4 heteroatoms. The van der Waals surface area contributed by atoms with Crippen molar-refractivity contribution < 1.29 is 0 Å². The second-order valence-electron chi connectivity index (χ2n) is 5.15. The number of unbranched alkanes of at least 4 members (excludes halogenated alkanes) is 7. The molecule has 0 aliphatic heterocycles. The average molecular weight is 305 g/mol. The summed E-state index contributed by atoms with van der Waals surface area (Å²) >= 11 is 5.16. The van der Waals surface area contributed by atoms with E-state index in [1.807, 2.05) is 36.5 Å². The normalized spacial score (nSPS) is 10.7. The summed E-state index contributed by atoms with van der Waals surface area (Å²) in [7, 11) is 0. The third-order valence-corrected chi connectivity index (χ3v) is 3.42. The SMILES string of the molecule is CCCCCCCCC/C=N/NC(=S)Nc1ccccc1. The van der Waals surface area contributed by atoms with Crippen molar-refractivity contribution in [3.8, 4) is 0 Å². The molecule has 1 rings (SSSR count). The lowest BCUT2D eigenvalue weighted by molar-refractivity contribution is 0.596. The van der Waals surface area contributed by atoms with Gasteiger partial charge in [-0.2, -0.15) is 5.10 Å². The van der Waals surface area contributed by atoms with Gasteiger partial charge in [-0.15, -0.1) is 0 Å². The average Bonchev–Trinajstić information content (AvgIpc) is 2.50. The molecule has 0 saturated heterocycles. The summed E-state index contributed by atoms with van der Waals surface area (Å²) in [5, 5.41) is 7.74. The van der Waals surface area contributed by atoms with Crippen LogP contribution in [0.1, 0.15) is 58.3 Å². The monoisotopic (exact) mass is 305 g/mol.